The number of aromatic hydroxyl groups is 1. The van der Waals surface area contributed by atoms with Crippen molar-refractivity contribution in [2.24, 2.45) is 0 Å². The number of hydrogen-bond acceptors (Lipinski definition) is 2. The van der Waals surface area contributed by atoms with Crippen molar-refractivity contribution < 1.29 is 18.3 Å². The van der Waals surface area contributed by atoms with E-state index in [4.69, 9.17) is 0 Å². The van der Waals surface area contributed by atoms with Crippen LogP contribution in [0, 0.1) is 0 Å². The van der Waals surface area contributed by atoms with Crippen molar-refractivity contribution in [3.63, 3.8) is 0 Å². The smallest absolute Gasteiger partial charge is 0.416 e. The van der Waals surface area contributed by atoms with Crippen LogP contribution in [0.4, 0.5) is 13.2 Å². The molecule has 0 saturated heterocycles. The summed E-state index contributed by atoms with van der Waals surface area (Å²) in [5.41, 5.74) is 1.90. The minimum Gasteiger partial charge on any atom is -0.508 e. The molecular formula is C20H13F3N2O. The van der Waals surface area contributed by atoms with Crippen LogP contribution >= 0.6 is 0 Å². The molecule has 0 spiro atoms. The van der Waals surface area contributed by atoms with Crippen LogP contribution in [-0.4, -0.2) is 14.7 Å². The molecule has 0 aliphatic rings. The Morgan fingerprint density at radius 1 is 0.846 bits per heavy atom. The molecule has 1 N–H and O–H groups in total. The fraction of sp³-hybridized carbons (Fsp3) is 0.0500. The SMILES string of the molecule is Oc1ccc2nc(-c3ccccc3)n(-c3ccc(C(F)(F)F)cc3)c2c1. The monoisotopic (exact) mass is 354 g/mol. The predicted molar refractivity (Wildman–Crippen MR) is 93.2 cm³/mol. The standard InChI is InChI=1S/C20H13F3N2O/c21-20(22,23)14-6-8-15(9-7-14)25-18-12-16(26)10-11-17(18)24-19(25)13-4-2-1-3-5-13/h1-12,26H. The fourth-order valence-corrected chi connectivity index (χ4v) is 2.91. The van der Waals surface area contributed by atoms with Crippen LogP contribution in [0.1, 0.15) is 5.56 Å². The van der Waals surface area contributed by atoms with E-state index < -0.39 is 11.7 Å². The minimum atomic E-state index is -4.39. The van der Waals surface area contributed by atoms with Gasteiger partial charge in [0.05, 0.1) is 16.6 Å². The molecule has 0 aliphatic heterocycles. The number of aromatic nitrogens is 2. The number of halogens is 3. The maximum absolute atomic E-state index is 12.9. The minimum absolute atomic E-state index is 0.0603. The lowest BCUT2D eigenvalue weighted by Crippen LogP contribution is -2.05. The molecular weight excluding hydrogens is 341 g/mol. The highest BCUT2D eigenvalue weighted by Crippen LogP contribution is 2.33. The lowest BCUT2D eigenvalue weighted by atomic mass is 10.1. The van der Waals surface area contributed by atoms with Crippen molar-refractivity contribution in [1.82, 2.24) is 9.55 Å². The van der Waals surface area contributed by atoms with Gasteiger partial charge in [-0.2, -0.15) is 13.2 Å². The van der Waals surface area contributed by atoms with E-state index in [2.05, 4.69) is 4.98 Å². The molecule has 0 unspecified atom stereocenters. The molecule has 0 radical (unpaired) electrons. The molecule has 1 heterocycles. The number of nitrogens with zero attached hydrogens (tertiary/aromatic N) is 2. The van der Waals surface area contributed by atoms with Crippen LogP contribution in [-0.2, 0) is 6.18 Å². The summed E-state index contributed by atoms with van der Waals surface area (Å²) < 4.78 is 40.3. The maximum atomic E-state index is 12.9. The molecule has 0 saturated carbocycles. The van der Waals surface area contributed by atoms with Gasteiger partial charge in [0, 0.05) is 17.3 Å². The van der Waals surface area contributed by atoms with Gasteiger partial charge in [-0.05, 0) is 36.4 Å². The van der Waals surface area contributed by atoms with Crippen molar-refractivity contribution in [3.05, 3.63) is 78.4 Å². The lowest BCUT2D eigenvalue weighted by molar-refractivity contribution is -0.137. The summed E-state index contributed by atoms with van der Waals surface area (Å²) in [6.07, 6.45) is -4.39. The van der Waals surface area contributed by atoms with Gasteiger partial charge in [-0.3, -0.25) is 4.57 Å². The first-order valence-corrected chi connectivity index (χ1v) is 7.88. The molecule has 4 aromatic rings. The molecule has 130 valence electrons. The molecule has 3 aromatic carbocycles. The van der Waals surface area contributed by atoms with E-state index in [0.717, 1.165) is 17.7 Å². The summed E-state index contributed by atoms with van der Waals surface area (Å²) in [6.45, 7) is 0. The second-order valence-corrected chi connectivity index (χ2v) is 5.85. The summed E-state index contributed by atoms with van der Waals surface area (Å²) >= 11 is 0. The molecule has 0 atom stereocenters. The van der Waals surface area contributed by atoms with E-state index in [1.807, 2.05) is 30.3 Å². The summed E-state index contributed by atoms with van der Waals surface area (Å²) in [4.78, 5) is 4.60. The Balaban J connectivity index is 1.97. The Bertz CT molecular complexity index is 1070. The highest BCUT2D eigenvalue weighted by Gasteiger charge is 2.30. The van der Waals surface area contributed by atoms with Crippen molar-refractivity contribution in [1.29, 1.82) is 0 Å². The van der Waals surface area contributed by atoms with Crippen LogP contribution in [0.5, 0.6) is 5.75 Å². The largest absolute Gasteiger partial charge is 0.508 e. The normalized spacial score (nSPS) is 11.8. The lowest BCUT2D eigenvalue weighted by Gasteiger charge is -2.12. The van der Waals surface area contributed by atoms with Gasteiger partial charge < -0.3 is 5.11 Å². The van der Waals surface area contributed by atoms with Crippen molar-refractivity contribution in [3.8, 4) is 22.8 Å². The van der Waals surface area contributed by atoms with Gasteiger partial charge in [0.25, 0.3) is 0 Å². The highest BCUT2D eigenvalue weighted by atomic mass is 19.4. The second-order valence-electron chi connectivity index (χ2n) is 5.85. The van der Waals surface area contributed by atoms with E-state index in [9.17, 15) is 18.3 Å². The summed E-state index contributed by atoms with van der Waals surface area (Å²) in [7, 11) is 0. The zero-order chi connectivity index (χ0) is 18.3. The molecule has 0 amide bonds. The fourth-order valence-electron chi connectivity index (χ4n) is 2.91. The number of imidazole rings is 1. The van der Waals surface area contributed by atoms with Crippen molar-refractivity contribution in [2.75, 3.05) is 0 Å². The molecule has 0 bridgehead atoms. The Hall–Kier alpha value is -3.28. The highest BCUT2D eigenvalue weighted by molar-refractivity contribution is 5.84. The molecule has 1 aromatic heterocycles. The van der Waals surface area contributed by atoms with Gasteiger partial charge in [-0.15, -0.1) is 0 Å². The van der Waals surface area contributed by atoms with Crippen molar-refractivity contribution >= 4 is 11.0 Å². The number of hydrogen-bond donors (Lipinski definition) is 1. The zero-order valence-corrected chi connectivity index (χ0v) is 13.4. The average Bonchev–Trinajstić information content (AvgIpc) is 3.00. The second kappa shape index (κ2) is 5.91. The number of phenolic OH excluding ortho intramolecular Hbond substituents is 1. The Morgan fingerprint density at radius 3 is 2.19 bits per heavy atom. The molecule has 6 heteroatoms. The number of phenols is 1. The topological polar surface area (TPSA) is 38.1 Å². The zero-order valence-electron chi connectivity index (χ0n) is 13.4. The summed E-state index contributed by atoms with van der Waals surface area (Å²) in [5, 5.41) is 9.84. The predicted octanol–water partition coefficient (Wildman–Crippen LogP) is 5.42. The van der Waals surface area contributed by atoms with Crippen LogP contribution in [0.3, 0.4) is 0 Å². The summed E-state index contributed by atoms with van der Waals surface area (Å²) in [5.74, 6) is 0.649. The van der Waals surface area contributed by atoms with Gasteiger partial charge >= 0.3 is 6.18 Å². The third kappa shape index (κ3) is 2.79. The summed E-state index contributed by atoms with van der Waals surface area (Å²) in [6, 6.07) is 19.0. The number of alkyl halides is 3. The van der Waals surface area contributed by atoms with Gasteiger partial charge in [0.1, 0.15) is 11.6 Å². The number of rotatable bonds is 2. The van der Waals surface area contributed by atoms with E-state index in [-0.39, 0.29) is 5.75 Å². The maximum Gasteiger partial charge on any atom is 0.416 e. The van der Waals surface area contributed by atoms with Gasteiger partial charge in [0.15, 0.2) is 0 Å². The van der Waals surface area contributed by atoms with Gasteiger partial charge in [-0.25, -0.2) is 4.98 Å². The van der Waals surface area contributed by atoms with Crippen LogP contribution < -0.4 is 0 Å². The number of fused-ring (bicyclic) bond motifs is 1. The van der Waals surface area contributed by atoms with E-state index in [0.29, 0.717) is 22.5 Å². The molecule has 26 heavy (non-hydrogen) atoms. The number of benzene rings is 3. The van der Waals surface area contributed by atoms with Gasteiger partial charge in [-0.1, -0.05) is 30.3 Å². The Morgan fingerprint density at radius 2 is 1.54 bits per heavy atom. The molecule has 4 rings (SSSR count). The first kappa shape index (κ1) is 16.2. The first-order chi connectivity index (χ1) is 12.4. The van der Waals surface area contributed by atoms with Crippen LogP contribution in [0.15, 0.2) is 72.8 Å². The van der Waals surface area contributed by atoms with Gasteiger partial charge in [0.2, 0.25) is 0 Å². The molecule has 0 fully saturated rings. The molecule has 0 aliphatic carbocycles. The molecule has 3 nitrogen and oxygen atoms in total. The van der Waals surface area contributed by atoms with E-state index >= 15 is 0 Å². The Labute approximate surface area is 147 Å². The van der Waals surface area contributed by atoms with Crippen LogP contribution in [0.2, 0.25) is 0 Å². The van der Waals surface area contributed by atoms with E-state index in [1.54, 1.807) is 16.7 Å². The first-order valence-electron chi connectivity index (χ1n) is 7.88. The average molecular weight is 354 g/mol. The third-order valence-electron chi connectivity index (χ3n) is 4.12. The quantitative estimate of drug-likeness (QED) is 0.522. The van der Waals surface area contributed by atoms with E-state index in [1.165, 1.54) is 18.2 Å². The van der Waals surface area contributed by atoms with Crippen molar-refractivity contribution in [2.45, 2.75) is 6.18 Å². The Kier molecular flexibility index (Phi) is 3.68. The van der Waals surface area contributed by atoms with Crippen LogP contribution in [0.25, 0.3) is 28.1 Å². The third-order valence-corrected chi connectivity index (χ3v) is 4.12.